The summed E-state index contributed by atoms with van der Waals surface area (Å²) in [4.78, 5) is 11.9. The average Bonchev–Trinajstić information content (AvgIpc) is 3.02. The van der Waals surface area contributed by atoms with E-state index in [4.69, 9.17) is 9.47 Å². The van der Waals surface area contributed by atoms with Gasteiger partial charge in [-0.1, -0.05) is 18.2 Å². The standard InChI is InChI=1S/C18H20N2O4/c1-12-3-2-4-14(9-12)20-18(22)19-8-7-15(21)13-5-6-16-17(10-13)24-11-23-16/h2-6,9-10,15,21H,7-8,11H2,1H3,(H2,19,20,22). The maximum atomic E-state index is 11.9. The summed E-state index contributed by atoms with van der Waals surface area (Å²) in [5, 5.41) is 15.7. The van der Waals surface area contributed by atoms with Crippen molar-refractivity contribution in [3.8, 4) is 11.5 Å². The van der Waals surface area contributed by atoms with Crippen molar-refractivity contribution in [3.05, 3.63) is 53.6 Å². The fourth-order valence-electron chi connectivity index (χ4n) is 2.51. The van der Waals surface area contributed by atoms with E-state index >= 15 is 0 Å². The van der Waals surface area contributed by atoms with Crippen LogP contribution in [0.5, 0.6) is 11.5 Å². The molecule has 0 bridgehead atoms. The number of urea groups is 1. The Balaban J connectivity index is 1.46. The van der Waals surface area contributed by atoms with Crippen molar-refractivity contribution in [1.82, 2.24) is 5.32 Å². The van der Waals surface area contributed by atoms with E-state index in [1.54, 1.807) is 18.2 Å². The highest BCUT2D eigenvalue weighted by Gasteiger charge is 2.16. The lowest BCUT2D eigenvalue weighted by molar-refractivity contribution is 0.165. The second kappa shape index (κ2) is 7.23. The normalized spacial score (nSPS) is 13.4. The molecule has 3 rings (SSSR count). The predicted molar refractivity (Wildman–Crippen MR) is 90.3 cm³/mol. The van der Waals surface area contributed by atoms with Gasteiger partial charge in [0.05, 0.1) is 6.10 Å². The fraction of sp³-hybridized carbons (Fsp3) is 0.278. The van der Waals surface area contributed by atoms with E-state index in [1.165, 1.54) is 0 Å². The zero-order valence-corrected chi connectivity index (χ0v) is 13.4. The Labute approximate surface area is 140 Å². The largest absolute Gasteiger partial charge is 0.454 e. The number of nitrogens with one attached hydrogen (secondary N) is 2. The molecule has 1 atom stereocenters. The lowest BCUT2D eigenvalue weighted by Gasteiger charge is -2.13. The summed E-state index contributed by atoms with van der Waals surface area (Å²) >= 11 is 0. The Hall–Kier alpha value is -2.73. The molecule has 2 aromatic carbocycles. The van der Waals surface area contributed by atoms with Gasteiger partial charge < -0.3 is 25.2 Å². The van der Waals surface area contributed by atoms with Gasteiger partial charge in [0, 0.05) is 12.2 Å². The SMILES string of the molecule is Cc1cccc(NC(=O)NCCC(O)c2ccc3c(c2)OCO3)c1. The number of aliphatic hydroxyl groups excluding tert-OH is 1. The Morgan fingerprint density at radius 3 is 2.88 bits per heavy atom. The van der Waals surface area contributed by atoms with Crippen LogP contribution in [0, 0.1) is 6.92 Å². The third kappa shape index (κ3) is 3.97. The highest BCUT2D eigenvalue weighted by molar-refractivity contribution is 5.89. The molecule has 1 aliphatic heterocycles. The molecule has 6 nitrogen and oxygen atoms in total. The van der Waals surface area contributed by atoms with Gasteiger partial charge in [0.15, 0.2) is 11.5 Å². The van der Waals surface area contributed by atoms with Gasteiger partial charge >= 0.3 is 6.03 Å². The summed E-state index contributed by atoms with van der Waals surface area (Å²) in [6.45, 7) is 2.52. The van der Waals surface area contributed by atoms with E-state index in [2.05, 4.69) is 10.6 Å². The van der Waals surface area contributed by atoms with Crippen LogP contribution in [-0.4, -0.2) is 24.5 Å². The van der Waals surface area contributed by atoms with E-state index in [9.17, 15) is 9.90 Å². The van der Waals surface area contributed by atoms with Crippen molar-refractivity contribution in [2.24, 2.45) is 0 Å². The van der Waals surface area contributed by atoms with Gasteiger partial charge in [-0.15, -0.1) is 0 Å². The number of carbonyl (C=O) groups excluding carboxylic acids is 1. The monoisotopic (exact) mass is 328 g/mol. The molecule has 6 heteroatoms. The Bertz CT molecular complexity index is 733. The molecule has 0 spiro atoms. The molecule has 0 fully saturated rings. The minimum atomic E-state index is -0.682. The molecule has 0 saturated carbocycles. The second-order valence-electron chi connectivity index (χ2n) is 5.67. The van der Waals surface area contributed by atoms with Crippen LogP contribution in [0.4, 0.5) is 10.5 Å². The third-order valence-corrected chi connectivity index (χ3v) is 3.76. The van der Waals surface area contributed by atoms with Crippen LogP contribution in [0.2, 0.25) is 0 Å². The van der Waals surface area contributed by atoms with E-state index in [1.807, 2.05) is 31.2 Å². The number of anilines is 1. The van der Waals surface area contributed by atoms with Crippen LogP contribution in [0.25, 0.3) is 0 Å². The Morgan fingerprint density at radius 1 is 1.21 bits per heavy atom. The number of amides is 2. The molecule has 0 saturated heterocycles. The number of hydrogen-bond acceptors (Lipinski definition) is 4. The molecule has 0 radical (unpaired) electrons. The Kier molecular flexibility index (Phi) is 4.86. The lowest BCUT2D eigenvalue weighted by atomic mass is 10.1. The van der Waals surface area contributed by atoms with Gasteiger partial charge in [-0.25, -0.2) is 4.79 Å². The second-order valence-corrected chi connectivity index (χ2v) is 5.67. The first-order valence-electron chi connectivity index (χ1n) is 7.81. The summed E-state index contributed by atoms with van der Waals surface area (Å²) in [5.41, 5.74) is 2.55. The number of hydrogen-bond donors (Lipinski definition) is 3. The summed E-state index contributed by atoms with van der Waals surface area (Å²) in [7, 11) is 0. The number of rotatable bonds is 5. The summed E-state index contributed by atoms with van der Waals surface area (Å²) in [6, 6.07) is 12.6. The van der Waals surface area contributed by atoms with Crippen molar-refractivity contribution in [2.45, 2.75) is 19.4 Å². The lowest BCUT2D eigenvalue weighted by Crippen LogP contribution is -2.30. The molecule has 1 aliphatic rings. The zero-order chi connectivity index (χ0) is 16.9. The van der Waals surface area contributed by atoms with Crippen molar-refractivity contribution >= 4 is 11.7 Å². The van der Waals surface area contributed by atoms with Crippen LogP contribution in [0.1, 0.15) is 23.7 Å². The number of aliphatic hydroxyl groups is 1. The summed E-state index contributed by atoms with van der Waals surface area (Å²) in [6.07, 6.45) is -0.278. The van der Waals surface area contributed by atoms with E-state index in [0.29, 0.717) is 24.5 Å². The number of benzene rings is 2. The predicted octanol–water partition coefficient (Wildman–Crippen LogP) is 2.97. The highest BCUT2D eigenvalue weighted by Crippen LogP contribution is 2.34. The number of carbonyl (C=O) groups is 1. The maximum Gasteiger partial charge on any atom is 0.319 e. The molecular formula is C18H20N2O4. The maximum absolute atomic E-state index is 11.9. The third-order valence-electron chi connectivity index (χ3n) is 3.76. The minimum absolute atomic E-state index is 0.204. The van der Waals surface area contributed by atoms with Crippen LogP contribution in [0.3, 0.4) is 0 Å². The van der Waals surface area contributed by atoms with E-state index in [-0.39, 0.29) is 12.8 Å². The quantitative estimate of drug-likeness (QED) is 0.788. The smallest absolute Gasteiger partial charge is 0.319 e. The van der Waals surface area contributed by atoms with Crippen LogP contribution in [-0.2, 0) is 0 Å². The number of ether oxygens (including phenoxy) is 2. The minimum Gasteiger partial charge on any atom is -0.454 e. The molecule has 1 heterocycles. The van der Waals surface area contributed by atoms with Crippen molar-refractivity contribution in [2.75, 3.05) is 18.7 Å². The molecule has 2 aromatic rings. The molecule has 24 heavy (non-hydrogen) atoms. The summed E-state index contributed by atoms with van der Waals surface area (Å²) in [5.74, 6) is 1.32. The van der Waals surface area contributed by atoms with Gasteiger partial charge in [-0.05, 0) is 48.7 Å². The van der Waals surface area contributed by atoms with Gasteiger partial charge in [-0.2, -0.15) is 0 Å². The topological polar surface area (TPSA) is 79.8 Å². The van der Waals surface area contributed by atoms with Crippen LogP contribution < -0.4 is 20.1 Å². The van der Waals surface area contributed by atoms with Crippen molar-refractivity contribution < 1.29 is 19.4 Å². The van der Waals surface area contributed by atoms with Gasteiger partial charge in [0.2, 0.25) is 6.79 Å². The van der Waals surface area contributed by atoms with Crippen LogP contribution >= 0.6 is 0 Å². The van der Waals surface area contributed by atoms with Crippen molar-refractivity contribution in [3.63, 3.8) is 0 Å². The highest BCUT2D eigenvalue weighted by atomic mass is 16.7. The van der Waals surface area contributed by atoms with Gasteiger partial charge in [-0.3, -0.25) is 0 Å². The summed E-state index contributed by atoms with van der Waals surface area (Å²) < 4.78 is 10.5. The molecule has 0 aliphatic carbocycles. The first kappa shape index (κ1) is 16.1. The van der Waals surface area contributed by atoms with E-state index < -0.39 is 6.10 Å². The molecule has 3 N–H and O–H groups in total. The van der Waals surface area contributed by atoms with Gasteiger partial charge in [0.1, 0.15) is 0 Å². The zero-order valence-electron chi connectivity index (χ0n) is 13.4. The fourth-order valence-corrected chi connectivity index (χ4v) is 2.51. The molecule has 1 unspecified atom stereocenters. The van der Waals surface area contributed by atoms with Gasteiger partial charge in [0.25, 0.3) is 0 Å². The Morgan fingerprint density at radius 2 is 2.04 bits per heavy atom. The molecule has 2 amide bonds. The van der Waals surface area contributed by atoms with E-state index in [0.717, 1.165) is 16.8 Å². The molecule has 126 valence electrons. The average molecular weight is 328 g/mol. The first-order chi connectivity index (χ1) is 11.6. The van der Waals surface area contributed by atoms with Crippen LogP contribution in [0.15, 0.2) is 42.5 Å². The molecular weight excluding hydrogens is 308 g/mol. The first-order valence-corrected chi connectivity index (χ1v) is 7.81. The van der Waals surface area contributed by atoms with Crippen molar-refractivity contribution in [1.29, 1.82) is 0 Å². The molecule has 0 aromatic heterocycles. The number of fused-ring (bicyclic) bond motifs is 1. The number of aryl methyl sites for hydroxylation is 1.